The number of hydrogen-bond acceptors (Lipinski definition) is 3. The van der Waals surface area contributed by atoms with Gasteiger partial charge in [-0.15, -0.1) is 0 Å². The molecule has 5 heteroatoms. The molecule has 1 aromatic rings. The predicted molar refractivity (Wildman–Crippen MR) is 86.5 cm³/mol. The van der Waals surface area contributed by atoms with Crippen LogP contribution >= 0.6 is 11.6 Å². The zero-order chi connectivity index (χ0) is 16.6. The summed E-state index contributed by atoms with van der Waals surface area (Å²) >= 11 is 6.10. The van der Waals surface area contributed by atoms with E-state index in [1.165, 1.54) is 0 Å². The summed E-state index contributed by atoms with van der Waals surface area (Å²) in [5.74, 6) is 0.498. The molecule has 21 heavy (non-hydrogen) atoms. The number of nitrogens with zero attached hydrogens (tertiary/aromatic N) is 2. The highest BCUT2D eigenvalue weighted by Gasteiger charge is 2.29. The van der Waals surface area contributed by atoms with Crippen LogP contribution in [0.25, 0.3) is 0 Å². The average molecular weight is 311 g/mol. The number of amides is 1. The summed E-state index contributed by atoms with van der Waals surface area (Å²) in [5, 5.41) is 16.3. The van der Waals surface area contributed by atoms with Gasteiger partial charge in [0.05, 0.1) is 10.6 Å². The van der Waals surface area contributed by atoms with Gasteiger partial charge in [-0.1, -0.05) is 32.4 Å². The zero-order valence-corrected chi connectivity index (χ0v) is 14.0. The largest absolute Gasteiger partial charge is 0.400 e. The molecule has 116 valence electrons. The molecule has 0 aliphatic carbocycles. The van der Waals surface area contributed by atoms with Crippen molar-refractivity contribution in [2.45, 2.75) is 34.1 Å². The smallest absolute Gasteiger partial charge is 0.227 e. The fraction of sp³-hybridized carbons (Fsp3) is 0.500. The SMILES string of the molecule is CC.CO.Cc1c(N2CC(C)CC2=O)ccc(C#N)c1Cl. The molecular weight excluding hydrogens is 288 g/mol. The average Bonchev–Trinajstić information content (AvgIpc) is 2.84. The van der Waals surface area contributed by atoms with E-state index in [0.29, 0.717) is 22.9 Å². The molecule has 1 amide bonds. The first-order valence-electron chi connectivity index (χ1n) is 6.99. The third kappa shape index (κ3) is 4.45. The van der Waals surface area contributed by atoms with E-state index in [1.807, 2.05) is 26.8 Å². The Kier molecular flexibility index (Phi) is 8.68. The van der Waals surface area contributed by atoms with Gasteiger partial charge in [0.1, 0.15) is 6.07 Å². The molecule has 0 saturated carbocycles. The van der Waals surface area contributed by atoms with Gasteiger partial charge in [-0.25, -0.2) is 0 Å². The fourth-order valence-electron chi connectivity index (χ4n) is 2.17. The van der Waals surface area contributed by atoms with Crippen molar-refractivity contribution in [2.24, 2.45) is 5.92 Å². The third-order valence-corrected chi connectivity index (χ3v) is 3.57. The maximum atomic E-state index is 11.8. The van der Waals surface area contributed by atoms with Crippen molar-refractivity contribution in [1.29, 1.82) is 5.26 Å². The van der Waals surface area contributed by atoms with E-state index in [2.05, 4.69) is 6.92 Å². The Morgan fingerprint density at radius 1 is 1.38 bits per heavy atom. The van der Waals surface area contributed by atoms with E-state index in [9.17, 15) is 4.79 Å². The Morgan fingerprint density at radius 3 is 2.38 bits per heavy atom. The van der Waals surface area contributed by atoms with Gasteiger partial charge in [0.25, 0.3) is 0 Å². The molecule has 1 atom stereocenters. The summed E-state index contributed by atoms with van der Waals surface area (Å²) in [6.45, 7) is 8.62. The summed E-state index contributed by atoms with van der Waals surface area (Å²) < 4.78 is 0. The first-order chi connectivity index (χ1) is 10.0. The second-order valence-electron chi connectivity index (χ2n) is 4.50. The highest BCUT2D eigenvalue weighted by molar-refractivity contribution is 6.33. The lowest BCUT2D eigenvalue weighted by Gasteiger charge is -2.19. The monoisotopic (exact) mass is 310 g/mol. The van der Waals surface area contributed by atoms with Gasteiger partial charge in [0.15, 0.2) is 0 Å². The Balaban J connectivity index is 0.000000921. The number of nitriles is 1. The maximum Gasteiger partial charge on any atom is 0.227 e. The molecule has 1 aromatic carbocycles. The van der Waals surface area contributed by atoms with Crippen molar-refractivity contribution in [2.75, 3.05) is 18.6 Å². The normalized spacial score (nSPS) is 16.4. The number of halogens is 1. The molecule has 1 heterocycles. The lowest BCUT2D eigenvalue weighted by molar-refractivity contribution is -0.117. The zero-order valence-electron chi connectivity index (χ0n) is 13.3. The van der Waals surface area contributed by atoms with Crippen LogP contribution in [-0.2, 0) is 4.79 Å². The molecule has 0 aromatic heterocycles. The summed E-state index contributed by atoms with van der Waals surface area (Å²) in [6, 6.07) is 5.51. The highest BCUT2D eigenvalue weighted by atomic mass is 35.5. The van der Waals surface area contributed by atoms with Crippen molar-refractivity contribution in [3.8, 4) is 6.07 Å². The Morgan fingerprint density at radius 2 is 1.95 bits per heavy atom. The van der Waals surface area contributed by atoms with Crippen molar-refractivity contribution >= 4 is 23.2 Å². The maximum absolute atomic E-state index is 11.8. The van der Waals surface area contributed by atoms with Crippen molar-refractivity contribution in [3.05, 3.63) is 28.3 Å². The van der Waals surface area contributed by atoms with Gasteiger partial charge in [-0.3, -0.25) is 4.79 Å². The second-order valence-corrected chi connectivity index (χ2v) is 4.87. The minimum absolute atomic E-state index is 0.126. The van der Waals surface area contributed by atoms with Crippen LogP contribution in [0.3, 0.4) is 0 Å². The summed E-state index contributed by atoms with van der Waals surface area (Å²) in [4.78, 5) is 13.6. The first kappa shape index (κ1) is 19.4. The number of aliphatic hydroxyl groups is 1. The van der Waals surface area contributed by atoms with E-state index in [1.54, 1.807) is 17.0 Å². The summed E-state index contributed by atoms with van der Waals surface area (Å²) in [6.07, 6.45) is 0.580. The van der Waals surface area contributed by atoms with E-state index in [4.69, 9.17) is 22.0 Å². The molecule has 0 radical (unpaired) electrons. The molecule has 0 spiro atoms. The van der Waals surface area contributed by atoms with Gasteiger partial charge >= 0.3 is 0 Å². The third-order valence-electron chi connectivity index (χ3n) is 3.09. The van der Waals surface area contributed by atoms with Crippen LogP contribution in [-0.4, -0.2) is 24.7 Å². The molecule has 1 N–H and O–H groups in total. The van der Waals surface area contributed by atoms with Gasteiger partial charge in [0.2, 0.25) is 5.91 Å². The molecular formula is C16H23ClN2O2. The van der Waals surface area contributed by atoms with Crippen molar-refractivity contribution in [1.82, 2.24) is 0 Å². The van der Waals surface area contributed by atoms with Crippen LogP contribution in [0.4, 0.5) is 5.69 Å². The van der Waals surface area contributed by atoms with E-state index in [-0.39, 0.29) is 5.91 Å². The fourth-order valence-corrected chi connectivity index (χ4v) is 2.37. The highest BCUT2D eigenvalue weighted by Crippen LogP contribution is 2.33. The van der Waals surface area contributed by atoms with Crippen LogP contribution in [0, 0.1) is 24.2 Å². The van der Waals surface area contributed by atoms with Crippen LogP contribution in [0.1, 0.15) is 38.3 Å². The number of hydrogen-bond donors (Lipinski definition) is 1. The minimum atomic E-state index is 0.126. The second kappa shape index (κ2) is 9.38. The van der Waals surface area contributed by atoms with Gasteiger partial charge in [-0.05, 0) is 30.5 Å². The van der Waals surface area contributed by atoms with Crippen molar-refractivity contribution in [3.63, 3.8) is 0 Å². The Hall–Kier alpha value is -1.57. The van der Waals surface area contributed by atoms with E-state index in [0.717, 1.165) is 24.9 Å². The Labute approximate surface area is 131 Å². The molecule has 1 unspecified atom stereocenters. The molecule has 1 fully saturated rings. The van der Waals surface area contributed by atoms with Crippen LogP contribution in [0.5, 0.6) is 0 Å². The lowest BCUT2D eigenvalue weighted by atomic mass is 10.1. The van der Waals surface area contributed by atoms with Crippen LogP contribution in [0.15, 0.2) is 12.1 Å². The number of benzene rings is 1. The topological polar surface area (TPSA) is 64.3 Å². The van der Waals surface area contributed by atoms with Crippen LogP contribution < -0.4 is 4.90 Å². The number of aliphatic hydroxyl groups excluding tert-OH is 1. The molecule has 1 aliphatic heterocycles. The first-order valence-corrected chi connectivity index (χ1v) is 7.36. The van der Waals surface area contributed by atoms with Gasteiger partial charge in [0, 0.05) is 25.8 Å². The molecule has 2 rings (SSSR count). The molecule has 4 nitrogen and oxygen atoms in total. The van der Waals surface area contributed by atoms with E-state index >= 15 is 0 Å². The van der Waals surface area contributed by atoms with Crippen LogP contribution in [0.2, 0.25) is 5.02 Å². The summed E-state index contributed by atoms with van der Waals surface area (Å²) in [5.41, 5.74) is 2.07. The number of anilines is 1. The minimum Gasteiger partial charge on any atom is -0.400 e. The molecule has 1 saturated heterocycles. The standard InChI is InChI=1S/C13H13ClN2O.C2H6.CH4O/c1-8-5-12(17)16(7-8)11-4-3-10(6-15)13(14)9(11)2;2*1-2/h3-4,8H,5,7H2,1-2H3;1-2H3;2H,1H3. The van der Waals surface area contributed by atoms with Gasteiger partial charge < -0.3 is 10.0 Å². The number of rotatable bonds is 1. The Bertz CT molecular complexity index is 524. The number of carbonyl (C=O) groups excluding carboxylic acids is 1. The summed E-state index contributed by atoms with van der Waals surface area (Å²) in [7, 11) is 1.00. The molecule has 1 aliphatic rings. The van der Waals surface area contributed by atoms with E-state index < -0.39 is 0 Å². The van der Waals surface area contributed by atoms with Crippen molar-refractivity contribution < 1.29 is 9.90 Å². The lowest BCUT2D eigenvalue weighted by Crippen LogP contribution is -2.25. The predicted octanol–water partition coefficient (Wildman–Crippen LogP) is 3.53. The molecule has 0 bridgehead atoms. The number of carbonyl (C=O) groups is 1. The quantitative estimate of drug-likeness (QED) is 0.863. The van der Waals surface area contributed by atoms with Gasteiger partial charge in [-0.2, -0.15) is 5.26 Å².